The summed E-state index contributed by atoms with van der Waals surface area (Å²) in [5, 5.41) is 0. The third kappa shape index (κ3) is 6.79. The first-order valence-electron chi connectivity index (χ1n) is 11.2. The Morgan fingerprint density at radius 1 is 0.933 bits per heavy atom. The number of hydrogen-bond donors (Lipinski definition) is 0. The van der Waals surface area contributed by atoms with Crippen molar-refractivity contribution < 1.29 is 14.3 Å². The smallest absolute Gasteiger partial charge is 0.237 e. The fraction of sp³-hybridized carbons (Fsp3) is 0.652. The Kier molecular flexibility index (Phi) is 8.66. The van der Waals surface area contributed by atoms with Gasteiger partial charge in [-0.1, -0.05) is 36.8 Å². The zero-order valence-corrected chi connectivity index (χ0v) is 18.5. The van der Waals surface area contributed by atoms with Gasteiger partial charge in [-0.05, 0) is 18.9 Å². The zero-order chi connectivity index (χ0) is 21.3. The second-order valence-electron chi connectivity index (χ2n) is 8.35. The quantitative estimate of drug-likeness (QED) is 0.638. The highest BCUT2D eigenvalue weighted by atomic mass is 16.5. The molecule has 30 heavy (non-hydrogen) atoms. The van der Waals surface area contributed by atoms with Gasteiger partial charge < -0.3 is 14.5 Å². The first-order valence-corrected chi connectivity index (χ1v) is 11.2. The molecule has 2 aliphatic rings. The lowest BCUT2D eigenvalue weighted by atomic mass is 10.1. The van der Waals surface area contributed by atoms with E-state index in [-0.39, 0.29) is 11.8 Å². The van der Waals surface area contributed by atoms with Gasteiger partial charge in [0.2, 0.25) is 11.8 Å². The fourth-order valence-electron chi connectivity index (χ4n) is 3.98. The lowest BCUT2D eigenvalue weighted by Gasteiger charge is -2.36. The average molecular weight is 417 g/mol. The lowest BCUT2D eigenvalue weighted by molar-refractivity contribution is -0.138. The van der Waals surface area contributed by atoms with Crippen LogP contribution in [0.1, 0.15) is 24.5 Å². The van der Waals surface area contributed by atoms with Gasteiger partial charge in [0.05, 0.1) is 26.3 Å². The predicted octanol–water partition coefficient (Wildman–Crippen LogP) is 1.21. The molecule has 0 radical (unpaired) electrons. The minimum Gasteiger partial charge on any atom is -0.378 e. The molecule has 2 saturated heterocycles. The molecule has 2 heterocycles. The molecule has 0 spiro atoms. The molecule has 2 amide bonds. The van der Waals surface area contributed by atoms with Gasteiger partial charge in [-0.15, -0.1) is 0 Å². The molecule has 166 valence electrons. The maximum atomic E-state index is 12.9. The summed E-state index contributed by atoms with van der Waals surface area (Å²) in [5.41, 5.74) is 2.41. The van der Waals surface area contributed by atoms with Crippen LogP contribution in [-0.2, 0) is 20.9 Å². The average Bonchev–Trinajstić information content (AvgIpc) is 2.77. The Labute approximate surface area is 180 Å². The molecule has 2 aliphatic heterocycles. The van der Waals surface area contributed by atoms with Crippen molar-refractivity contribution in [3.63, 3.8) is 0 Å². The van der Waals surface area contributed by atoms with Crippen molar-refractivity contribution in [2.75, 3.05) is 72.1 Å². The number of hydrogen-bond acceptors (Lipinski definition) is 5. The van der Waals surface area contributed by atoms with Crippen LogP contribution in [0.15, 0.2) is 24.3 Å². The van der Waals surface area contributed by atoms with Crippen LogP contribution in [0.4, 0.5) is 0 Å². The highest BCUT2D eigenvalue weighted by Crippen LogP contribution is 2.10. The minimum absolute atomic E-state index is 0.190. The van der Waals surface area contributed by atoms with Gasteiger partial charge in [0, 0.05) is 52.4 Å². The van der Waals surface area contributed by atoms with E-state index in [0.29, 0.717) is 45.9 Å². The highest BCUT2D eigenvalue weighted by molar-refractivity contribution is 5.79. The molecule has 1 aromatic carbocycles. The second-order valence-corrected chi connectivity index (χ2v) is 8.35. The number of ether oxygens (including phenoxy) is 1. The Balaban J connectivity index is 1.43. The zero-order valence-electron chi connectivity index (χ0n) is 18.5. The Hall–Kier alpha value is -1.96. The number of benzene rings is 1. The summed E-state index contributed by atoms with van der Waals surface area (Å²) in [7, 11) is 0. The van der Waals surface area contributed by atoms with Gasteiger partial charge in [-0.3, -0.25) is 19.4 Å². The van der Waals surface area contributed by atoms with E-state index in [4.69, 9.17) is 4.74 Å². The molecule has 0 aromatic heterocycles. The number of carbonyl (C=O) groups is 2. The molecule has 0 unspecified atom stereocenters. The molecular weight excluding hydrogens is 380 g/mol. The maximum absolute atomic E-state index is 12.9. The van der Waals surface area contributed by atoms with Crippen LogP contribution in [0, 0.1) is 6.92 Å². The van der Waals surface area contributed by atoms with Crippen molar-refractivity contribution >= 4 is 11.8 Å². The summed E-state index contributed by atoms with van der Waals surface area (Å²) >= 11 is 0. The van der Waals surface area contributed by atoms with Crippen LogP contribution >= 0.6 is 0 Å². The Morgan fingerprint density at radius 3 is 2.13 bits per heavy atom. The van der Waals surface area contributed by atoms with Crippen LogP contribution in [0.5, 0.6) is 0 Å². The van der Waals surface area contributed by atoms with Crippen molar-refractivity contribution in [1.82, 2.24) is 19.6 Å². The van der Waals surface area contributed by atoms with Gasteiger partial charge in [-0.25, -0.2) is 0 Å². The predicted molar refractivity (Wildman–Crippen MR) is 117 cm³/mol. The first-order chi connectivity index (χ1) is 14.5. The van der Waals surface area contributed by atoms with Crippen molar-refractivity contribution in [2.45, 2.75) is 26.8 Å². The van der Waals surface area contributed by atoms with Gasteiger partial charge in [0.15, 0.2) is 0 Å². The number of amides is 2. The summed E-state index contributed by atoms with van der Waals surface area (Å²) in [5.74, 6) is 0.380. The number of piperazine rings is 1. The van der Waals surface area contributed by atoms with E-state index >= 15 is 0 Å². The fourth-order valence-corrected chi connectivity index (χ4v) is 3.98. The largest absolute Gasteiger partial charge is 0.378 e. The van der Waals surface area contributed by atoms with E-state index < -0.39 is 0 Å². The van der Waals surface area contributed by atoms with Crippen LogP contribution in [0.2, 0.25) is 0 Å². The summed E-state index contributed by atoms with van der Waals surface area (Å²) < 4.78 is 5.32. The molecule has 0 saturated carbocycles. The van der Waals surface area contributed by atoms with Gasteiger partial charge in [0.1, 0.15) is 0 Å². The third-order valence-corrected chi connectivity index (χ3v) is 5.89. The van der Waals surface area contributed by atoms with E-state index in [1.54, 1.807) is 0 Å². The lowest BCUT2D eigenvalue weighted by Crippen LogP contribution is -2.53. The highest BCUT2D eigenvalue weighted by Gasteiger charge is 2.25. The topological polar surface area (TPSA) is 56.3 Å². The van der Waals surface area contributed by atoms with Crippen LogP contribution in [0.25, 0.3) is 0 Å². The van der Waals surface area contributed by atoms with Crippen LogP contribution < -0.4 is 0 Å². The SMILES string of the molecule is CCCN(Cc1ccc(C)cc1)C(=O)CN1CCN(CC(=O)N2CCOCC2)CC1. The summed E-state index contributed by atoms with van der Waals surface area (Å²) in [6, 6.07) is 8.41. The van der Waals surface area contributed by atoms with Gasteiger partial charge in [-0.2, -0.15) is 0 Å². The Morgan fingerprint density at radius 2 is 1.53 bits per heavy atom. The molecule has 0 aliphatic carbocycles. The molecule has 7 nitrogen and oxygen atoms in total. The number of rotatable bonds is 8. The Bertz CT molecular complexity index is 680. The maximum Gasteiger partial charge on any atom is 0.237 e. The number of nitrogens with zero attached hydrogens (tertiary/aromatic N) is 4. The van der Waals surface area contributed by atoms with E-state index in [9.17, 15) is 9.59 Å². The summed E-state index contributed by atoms with van der Waals surface area (Å²) in [6.45, 7) is 12.5. The molecular formula is C23H36N4O3. The second kappa shape index (κ2) is 11.4. The summed E-state index contributed by atoms with van der Waals surface area (Å²) in [6.07, 6.45) is 0.953. The van der Waals surface area contributed by atoms with Gasteiger partial charge in [0.25, 0.3) is 0 Å². The van der Waals surface area contributed by atoms with Crippen LogP contribution in [0.3, 0.4) is 0 Å². The molecule has 0 N–H and O–H groups in total. The number of carbonyl (C=O) groups excluding carboxylic acids is 2. The van der Waals surface area contributed by atoms with Crippen LogP contribution in [-0.4, -0.2) is 104 Å². The van der Waals surface area contributed by atoms with E-state index in [2.05, 4.69) is 47.9 Å². The molecule has 1 aromatic rings. The first kappa shape index (κ1) is 22.7. The standard InChI is InChI=1S/C23H36N4O3/c1-3-8-27(17-21-6-4-20(2)5-7-21)23(29)19-25-11-9-24(10-12-25)18-22(28)26-13-15-30-16-14-26/h4-7H,3,8-19H2,1-2H3. The van der Waals surface area contributed by atoms with E-state index in [0.717, 1.165) is 39.1 Å². The van der Waals surface area contributed by atoms with E-state index in [1.165, 1.54) is 11.1 Å². The monoisotopic (exact) mass is 416 g/mol. The molecule has 3 rings (SSSR count). The van der Waals surface area contributed by atoms with Crippen molar-refractivity contribution in [2.24, 2.45) is 0 Å². The van der Waals surface area contributed by atoms with Crippen molar-refractivity contribution in [3.8, 4) is 0 Å². The van der Waals surface area contributed by atoms with Crippen molar-refractivity contribution in [3.05, 3.63) is 35.4 Å². The van der Waals surface area contributed by atoms with Crippen molar-refractivity contribution in [1.29, 1.82) is 0 Å². The molecule has 0 bridgehead atoms. The van der Waals surface area contributed by atoms with E-state index in [1.807, 2.05) is 9.80 Å². The minimum atomic E-state index is 0.190. The normalized spacial score (nSPS) is 18.4. The van der Waals surface area contributed by atoms with Gasteiger partial charge >= 0.3 is 0 Å². The molecule has 7 heteroatoms. The number of morpholine rings is 1. The molecule has 0 atom stereocenters. The summed E-state index contributed by atoms with van der Waals surface area (Å²) in [4.78, 5) is 33.7. The molecule has 2 fully saturated rings. The number of aryl methyl sites for hydroxylation is 1. The third-order valence-electron chi connectivity index (χ3n) is 5.89.